The van der Waals surface area contributed by atoms with Crippen molar-refractivity contribution in [3.05, 3.63) is 65.9 Å². The number of rotatable bonds is 6. The molecule has 7 heteroatoms. The second-order valence-electron chi connectivity index (χ2n) is 6.34. The number of fused-ring (bicyclic) bond motifs is 1. The number of aromatic amines is 1. The molecule has 1 heterocycles. The molecular weight excluding hydrogens is 370 g/mol. The average Bonchev–Trinajstić information content (AvgIpc) is 3.17. The van der Waals surface area contributed by atoms with Gasteiger partial charge >= 0.3 is 5.97 Å². The van der Waals surface area contributed by atoms with Crippen molar-refractivity contribution in [1.29, 1.82) is 0 Å². The summed E-state index contributed by atoms with van der Waals surface area (Å²) < 4.78 is 4.76. The molecule has 0 fully saturated rings. The maximum atomic E-state index is 12.1. The van der Waals surface area contributed by atoms with E-state index in [1.165, 1.54) is 0 Å². The molecule has 4 N–H and O–H groups in total. The molecule has 0 saturated heterocycles. The number of anilines is 1. The Kier molecular flexibility index (Phi) is 5.78. The minimum atomic E-state index is -0.572. The molecule has 0 radical (unpaired) electrons. The molecule has 0 unspecified atom stereocenters. The van der Waals surface area contributed by atoms with Gasteiger partial charge in [0.2, 0.25) is 5.91 Å². The zero-order chi connectivity index (χ0) is 21.0. The molecule has 0 aliphatic rings. The van der Waals surface area contributed by atoms with Gasteiger partial charge in [0.05, 0.1) is 17.7 Å². The average molecular weight is 391 g/mol. The number of primary amides is 1. The maximum absolute atomic E-state index is 12.1. The zero-order valence-corrected chi connectivity index (χ0v) is 16.1. The molecule has 7 nitrogen and oxygen atoms in total. The number of carbonyl (C=O) groups is 3. The Labute approximate surface area is 167 Å². The predicted molar refractivity (Wildman–Crippen MR) is 111 cm³/mol. The van der Waals surface area contributed by atoms with Crippen LogP contribution in [0.4, 0.5) is 5.69 Å². The van der Waals surface area contributed by atoms with Crippen molar-refractivity contribution in [1.82, 2.24) is 4.98 Å². The molecule has 1 aromatic heterocycles. The van der Waals surface area contributed by atoms with E-state index in [9.17, 15) is 14.4 Å². The lowest BCUT2D eigenvalue weighted by molar-refractivity contribution is -0.137. The van der Waals surface area contributed by atoms with E-state index in [4.69, 9.17) is 10.5 Å². The van der Waals surface area contributed by atoms with Crippen molar-refractivity contribution >= 4 is 34.4 Å². The van der Waals surface area contributed by atoms with Crippen LogP contribution in [0.3, 0.4) is 0 Å². The van der Waals surface area contributed by atoms with E-state index in [1.807, 2.05) is 31.2 Å². The highest BCUT2D eigenvalue weighted by atomic mass is 16.5. The molecule has 0 aliphatic heterocycles. The molecular formula is C22H21N3O4. The lowest BCUT2D eigenvalue weighted by Crippen LogP contribution is -2.12. The highest BCUT2D eigenvalue weighted by molar-refractivity contribution is 6.10. The molecule has 148 valence electrons. The summed E-state index contributed by atoms with van der Waals surface area (Å²) in [6, 6.07) is 10.9. The first-order valence-corrected chi connectivity index (χ1v) is 9.08. The van der Waals surface area contributed by atoms with Crippen LogP contribution in [-0.4, -0.2) is 29.4 Å². The van der Waals surface area contributed by atoms with Crippen molar-refractivity contribution in [2.45, 2.75) is 13.8 Å². The van der Waals surface area contributed by atoms with Crippen LogP contribution in [0.5, 0.6) is 0 Å². The topological polar surface area (TPSA) is 114 Å². The quantitative estimate of drug-likeness (QED) is 0.442. The third-order valence-corrected chi connectivity index (χ3v) is 4.53. The van der Waals surface area contributed by atoms with Crippen molar-refractivity contribution in [2.75, 3.05) is 11.9 Å². The summed E-state index contributed by atoms with van der Waals surface area (Å²) >= 11 is 0. The summed E-state index contributed by atoms with van der Waals surface area (Å²) in [5, 5.41) is 3.63. The number of benzene rings is 2. The number of carbonyl (C=O) groups excluding carboxylic acids is 3. The minimum Gasteiger partial charge on any atom is -0.463 e. The summed E-state index contributed by atoms with van der Waals surface area (Å²) in [5.74, 6) is -1.51. The maximum Gasteiger partial charge on any atom is 0.330 e. The van der Waals surface area contributed by atoms with Gasteiger partial charge in [-0.3, -0.25) is 9.59 Å². The number of H-pyrrole nitrogens is 1. The van der Waals surface area contributed by atoms with Gasteiger partial charge in [0, 0.05) is 29.4 Å². The molecule has 0 atom stereocenters. The van der Waals surface area contributed by atoms with Gasteiger partial charge in [-0.25, -0.2) is 4.79 Å². The first kappa shape index (κ1) is 19.9. The number of nitrogens with two attached hydrogens (primary N) is 1. The highest BCUT2D eigenvalue weighted by Gasteiger charge is 2.15. The predicted octanol–water partition coefficient (Wildman–Crippen LogP) is 3.30. The third-order valence-electron chi connectivity index (χ3n) is 4.53. The normalized spacial score (nSPS) is 11.0. The summed E-state index contributed by atoms with van der Waals surface area (Å²) in [6.07, 6.45) is 3.97. The fourth-order valence-electron chi connectivity index (χ4n) is 3.17. The van der Waals surface area contributed by atoms with Crippen LogP contribution in [0.2, 0.25) is 0 Å². The van der Waals surface area contributed by atoms with E-state index in [-0.39, 0.29) is 6.61 Å². The smallest absolute Gasteiger partial charge is 0.330 e. The Morgan fingerprint density at radius 1 is 1.10 bits per heavy atom. The Hall–Kier alpha value is -3.87. The minimum absolute atomic E-state index is 0.244. The van der Waals surface area contributed by atoms with E-state index in [1.54, 1.807) is 25.3 Å². The van der Waals surface area contributed by atoms with Crippen LogP contribution < -0.4 is 11.1 Å². The van der Waals surface area contributed by atoms with Gasteiger partial charge in [-0.2, -0.15) is 0 Å². The first-order chi connectivity index (χ1) is 13.9. The van der Waals surface area contributed by atoms with E-state index >= 15 is 0 Å². The molecule has 2 aromatic carbocycles. The van der Waals surface area contributed by atoms with Crippen LogP contribution in [0, 0.1) is 6.92 Å². The third kappa shape index (κ3) is 4.19. The van der Waals surface area contributed by atoms with E-state index in [2.05, 4.69) is 10.3 Å². The van der Waals surface area contributed by atoms with Gasteiger partial charge < -0.3 is 20.8 Å². The summed E-state index contributed by atoms with van der Waals surface area (Å²) in [5.41, 5.74) is 9.81. The number of aromatic nitrogens is 1. The molecule has 3 aromatic rings. The van der Waals surface area contributed by atoms with Crippen LogP contribution in [0.1, 0.15) is 22.8 Å². The van der Waals surface area contributed by atoms with Gasteiger partial charge in [0.1, 0.15) is 0 Å². The fraction of sp³-hybridized carbons (Fsp3) is 0.136. The Balaban J connectivity index is 1.94. The second kappa shape index (κ2) is 8.43. The number of amides is 2. The monoisotopic (exact) mass is 391 g/mol. The number of esters is 1. The highest BCUT2D eigenvalue weighted by Crippen LogP contribution is 2.34. The Morgan fingerprint density at radius 2 is 1.90 bits per heavy atom. The SMILES string of the molecule is CCOC(=O)C=CC(=O)Nc1cccc(-c2ccc(C(N)=O)c3[nH]ccc23)c1C. The number of nitrogens with one attached hydrogen (secondary N) is 2. The first-order valence-electron chi connectivity index (χ1n) is 9.08. The fourth-order valence-corrected chi connectivity index (χ4v) is 3.17. The van der Waals surface area contributed by atoms with Gasteiger partial charge in [-0.05, 0) is 48.7 Å². The van der Waals surface area contributed by atoms with Crippen LogP contribution in [0.25, 0.3) is 22.0 Å². The zero-order valence-electron chi connectivity index (χ0n) is 16.1. The molecule has 2 amide bonds. The molecule has 3 rings (SSSR count). The van der Waals surface area contributed by atoms with E-state index < -0.39 is 17.8 Å². The van der Waals surface area contributed by atoms with Crippen molar-refractivity contribution < 1.29 is 19.1 Å². The number of hydrogen-bond acceptors (Lipinski definition) is 4. The van der Waals surface area contributed by atoms with Gasteiger partial charge in [-0.15, -0.1) is 0 Å². The van der Waals surface area contributed by atoms with Gasteiger partial charge in [0.15, 0.2) is 0 Å². The van der Waals surface area contributed by atoms with Crippen LogP contribution in [0.15, 0.2) is 54.7 Å². The number of ether oxygens (including phenoxy) is 1. The van der Waals surface area contributed by atoms with Crippen molar-refractivity contribution in [3.8, 4) is 11.1 Å². The molecule has 0 bridgehead atoms. The Bertz CT molecular complexity index is 1130. The van der Waals surface area contributed by atoms with Gasteiger partial charge in [0.25, 0.3) is 5.91 Å². The molecule has 29 heavy (non-hydrogen) atoms. The van der Waals surface area contributed by atoms with E-state index in [0.29, 0.717) is 16.8 Å². The Morgan fingerprint density at radius 3 is 2.62 bits per heavy atom. The summed E-state index contributed by atoms with van der Waals surface area (Å²) in [4.78, 5) is 38.2. The largest absolute Gasteiger partial charge is 0.463 e. The van der Waals surface area contributed by atoms with Crippen LogP contribution in [-0.2, 0) is 14.3 Å². The lowest BCUT2D eigenvalue weighted by atomic mass is 9.94. The van der Waals surface area contributed by atoms with E-state index in [0.717, 1.165) is 34.2 Å². The molecule has 0 spiro atoms. The van der Waals surface area contributed by atoms with Crippen molar-refractivity contribution in [2.24, 2.45) is 5.73 Å². The molecule has 0 aliphatic carbocycles. The summed E-state index contributed by atoms with van der Waals surface area (Å²) in [6.45, 7) is 3.83. The number of hydrogen-bond donors (Lipinski definition) is 3. The standard InChI is InChI=1S/C22H21N3O4/c1-3-29-20(27)10-9-19(26)25-18-6-4-5-14(13(18)2)15-7-8-17(22(23)28)21-16(15)11-12-24-21/h4-12,24H,3H2,1-2H3,(H2,23,28)(H,25,26). The lowest BCUT2D eigenvalue weighted by Gasteiger charge is -2.13. The molecule has 0 saturated carbocycles. The van der Waals surface area contributed by atoms with Crippen molar-refractivity contribution in [3.63, 3.8) is 0 Å². The second-order valence-corrected chi connectivity index (χ2v) is 6.34. The van der Waals surface area contributed by atoms with Gasteiger partial charge in [-0.1, -0.05) is 18.2 Å². The van der Waals surface area contributed by atoms with Crippen LogP contribution >= 0.6 is 0 Å². The summed E-state index contributed by atoms with van der Waals surface area (Å²) in [7, 11) is 0.